The maximum absolute atomic E-state index is 3.60. The molecule has 1 aromatic heterocycles. The molecule has 0 saturated heterocycles. The van der Waals surface area contributed by atoms with Gasteiger partial charge in [0, 0.05) is 27.3 Å². The largest absolute Gasteiger partial charge is 0.309 e. The van der Waals surface area contributed by atoms with Gasteiger partial charge >= 0.3 is 0 Å². The van der Waals surface area contributed by atoms with Gasteiger partial charge in [0.15, 0.2) is 0 Å². The fourth-order valence-corrected chi connectivity index (χ4v) is 3.22. The SMILES string of the molecule is CC(NCc1cc(Br)cs1)C1CCC1. The molecule has 0 aromatic carbocycles. The molecule has 1 N–H and O–H groups in total. The summed E-state index contributed by atoms with van der Waals surface area (Å²) >= 11 is 5.30. The minimum atomic E-state index is 0.685. The summed E-state index contributed by atoms with van der Waals surface area (Å²) in [6, 6.07) is 2.88. The Hall–Kier alpha value is 0.140. The quantitative estimate of drug-likeness (QED) is 0.880. The van der Waals surface area contributed by atoms with Crippen molar-refractivity contribution in [2.45, 2.75) is 38.8 Å². The Bertz CT molecular complexity index is 293. The van der Waals surface area contributed by atoms with Gasteiger partial charge in [-0.2, -0.15) is 0 Å². The number of nitrogens with one attached hydrogen (secondary N) is 1. The van der Waals surface area contributed by atoms with E-state index in [1.54, 1.807) is 0 Å². The topological polar surface area (TPSA) is 12.0 Å². The predicted molar refractivity (Wildman–Crippen MR) is 65.7 cm³/mol. The van der Waals surface area contributed by atoms with Crippen LogP contribution in [0.2, 0.25) is 0 Å². The summed E-state index contributed by atoms with van der Waals surface area (Å²) in [7, 11) is 0. The van der Waals surface area contributed by atoms with E-state index in [4.69, 9.17) is 0 Å². The molecule has 1 aromatic rings. The molecule has 0 radical (unpaired) electrons. The van der Waals surface area contributed by atoms with Gasteiger partial charge in [-0.25, -0.2) is 0 Å². The lowest BCUT2D eigenvalue weighted by atomic mass is 9.80. The third-order valence-corrected chi connectivity index (χ3v) is 4.77. The van der Waals surface area contributed by atoms with Crippen molar-refractivity contribution in [2.75, 3.05) is 0 Å². The first kappa shape index (κ1) is 10.7. The van der Waals surface area contributed by atoms with Gasteiger partial charge < -0.3 is 5.32 Å². The van der Waals surface area contributed by atoms with Gasteiger partial charge in [-0.3, -0.25) is 0 Å². The minimum absolute atomic E-state index is 0.685. The van der Waals surface area contributed by atoms with Crippen LogP contribution in [0.5, 0.6) is 0 Å². The molecule has 78 valence electrons. The van der Waals surface area contributed by atoms with Crippen molar-refractivity contribution in [1.82, 2.24) is 5.32 Å². The fraction of sp³-hybridized carbons (Fsp3) is 0.636. The molecule has 1 aliphatic carbocycles. The molecule has 1 aliphatic rings. The summed E-state index contributed by atoms with van der Waals surface area (Å²) in [6.45, 7) is 3.33. The number of halogens is 1. The highest BCUT2D eigenvalue weighted by Gasteiger charge is 2.23. The second kappa shape index (κ2) is 4.77. The lowest BCUT2D eigenvalue weighted by Crippen LogP contribution is -2.36. The Morgan fingerprint density at radius 3 is 2.93 bits per heavy atom. The van der Waals surface area contributed by atoms with Gasteiger partial charge in [0.05, 0.1) is 0 Å². The molecule has 1 unspecified atom stereocenters. The first-order valence-electron chi connectivity index (χ1n) is 5.22. The Balaban J connectivity index is 1.76. The van der Waals surface area contributed by atoms with Crippen LogP contribution < -0.4 is 5.32 Å². The van der Waals surface area contributed by atoms with E-state index in [-0.39, 0.29) is 0 Å². The van der Waals surface area contributed by atoms with Crippen LogP contribution in [-0.2, 0) is 6.54 Å². The van der Waals surface area contributed by atoms with Gasteiger partial charge in [-0.15, -0.1) is 11.3 Å². The van der Waals surface area contributed by atoms with E-state index in [9.17, 15) is 0 Å². The van der Waals surface area contributed by atoms with E-state index in [0.29, 0.717) is 6.04 Å². The van der Waals surface area contributed by atoms with E-state index in [1.807, 2.05) is 11.3 Å². The van der Waals surface area contributed by atoms with Crippen LogP contribution in [-0.4, -0.2) is 6.04 Å². The fourth-order valence-electron chi connectivity index (χ4n) is 1.81. The summed E-state index contributed by atoms with van der Waals surface area (Å²) in [5, 5.41) is 5.75. The maximum Gasteiger partial charge on any atom is 0.0302 e. The lowest BCUT2D eigenvalue weighted by molar-refractivity contribution is 0.240. The highest BCUT2D eigenvalue weighted by Crippen LogP contribution is 2.29. The monoisotopic (exact) mass is 273 g/mol. The standard InChI is InChI=1S/C11H16BrNS/c1-8(9-3-2-4-9)13-6-11-5-10(12)7-14-11/h5,7-9,13H,2-4,6H2,1H3. The van der Waals surface area contributed by atoms with E-state index in [1.165, 1.54) is 28.6 Å². The van der Waals surface area contributed by atoms with Crippen LogP contribution in [0.25, 0.3) is 0 Å². The Morgan fingerprint density at radius 1 is 1.64 bits per heavy atom. The molecule has 0 bridgehead atoms. The summed E-state index contributed by atoms with van der Waals surface area (Å²) in [4.78, 5) is 1.42. The highest BCUT2D eigenvalue weighted by atomic mass is 79.9. The molecule has 1 fully saturated rings. The van der Waals surface area contributed by atoms with Gasteiger partial charge in [0.2, 0.25) is 0 Å². The van der Waals surface area contributed by atoms with Crippen molar-refractivity contribution in [3.63, 3.8) is 0 Å². The molecule has 3 heteroatoms. The zero-order valence-corrected chi connectivity index (χ0v) is 10.8. The smallest absolute Gasteiger partial charge is 0.0302 e. The summed E-state index contributed by atoms with van der Waals surface area (Å²) in [5.41, 5.74) is 0. The highest BCUT2D eigenvalue weighted by molar-refractivity contribution is 9.10. The predicted octanol–water partition coefficient (Wildman–Crippen LogP) is 3.79. The minimum Gasteiger partial charge on any atom is -0.309 e. The summed E-state index contributed by atoms with van der Waals surface area (Å²) < 4.78 is 1.20. The zero-order chi connectivity index (χ0) is 9.97. The first-order chi connectivity index (χ1) is 6.75. The third-order valence-electron chi connectivity index (χ3n) is 3.08. The van der Waals surface area contributed by atoms with Gasteiger partial charge in [-0.1, -0.05) is 6.42 Å². The van der Waals surface area contributed by atoms with Gasteiger partial charge in [0.1, 0.15) is 0 Å². The van der Waals surface area contributed by atoms with Crippen molar-refractivity contribution >= 4 is 27.3 Å². The van der Waals surface area contributed by atoms with Crippen LogP contribution in [0.3, 0.4) is 0 Å². The van der Waals surface area contributed by atoms with Crippen LogP contribution in [0.4, 0.5) is 0 Å². The maximum atomic E-state index is 3.60. The molecule has 1 atom stereocenters. The van der Waals surface area contributed by atoms with Gasteiger partial charge in [-0.05, 0) is 47.7 Å². The second-order valence-electron chi connectivity index (χ2n) is 4.09. The van der Waals surface area contributed by atoms with Crippen molar-refractivity contribution in [2.24, 2.45) is 5.92 Å². The van der Waals surface area contributed by atoms with Crippen molar-refractivity contribution in [3.8, 4) is 0 Å². The van der Waals surface area contributed by atoms with E-state index in [0.717, 1.165) is 12.5 Å². The Labute approximate surface area is 98.0 Å². The van der Waals surface area contributed by atoms with Crippen molar-refractivity contribution < 1.29 is 0 Å². The molecule has 0 spiro atoms. The van der Waals surface area contributed by atoms with E-state index >= 15 is 0 Å². The second-order valence-corrected chi connectivity index (χ2v) is 6.00. The number of hydrogen-bond acceptors (Lipinski definition) is 2. The number of rotatable bonds is 4. The number of hydrogen-bond donors (Lipinski definition) is 1. The molecule has 2 rings (SSSR count). The Kier molecular flexibility index (Phi) is 3.63. The van der Waals surface area contributed by atoms with Gasteiger partial charge in [0.25, 0.3) is 0 Å². The molecule has 0 amide bonds. The molecule has 0 aliphatic heterocycles. The Morgan fingerprint density at radius 2 is 2.43 bits per heavy atom. The van der Waals surface area contributed by atoms with E-state index < -0.39 is 0 Å². The molecular weight excluding hydrogens is 258 g/mol. The van der Waals surface area contributed by atoms with Crippen LogP contribution >= 0.6 is 27.3 Å². The average Bonchev–Trinajstić information content (AvgIpc) is 2.45. The number of thiophene rings is 1. The zero-order valence-electron chi connectivity index (χ0n) is 8.42. The molecule has 1 nitrogen and oxygen atoms in total. The average molecular weight is 274 g/mol. The van der Waals surface area contributed by atoms with Crippen LogP contribution in [0, 0.1) is 5.92 Å². The molecule has 14 heavy (non-hydrogen) atoms. The normalized spacial score (nSPS) is 19.3. The van der Waals surface area contributed by atoms with E-state index in [2.05, 4.69) is 39.6 Å². The molecule has 1 saturated carbocycles. The molecule has 1 heterocycles. The summed E-state index contributed by atoms with van der Waals surface area (Å²) in [6.07, 6.45) is 4.27. The van der Waals surface area contributed by atoms with Crippen molar-refractivity contribution in [3.05, 3.63) is 20.8 Å². The van der Waals surface area contributed by atoms with Crippen LogP contribution in [0.15, 0.2) is 15.9 Å². The molecular formula is C11H16BrNS. The van der Waals surface area contributed by atoms with Crippen molar-refractivity contribution in [1.29, 1.82) is 0 Å². The first-order valence-corrected chi connectivity index (χ1v) is 6.89. The van der Waals surface area contributed by atoms with Crippen LogP contribution in [0.1, 0.15) is 31.1 Å². The lowest BCUT2D eigenvalue weighted by Gasteiger charge is -2.31. The summed E-state index contributed by atoms with van der Waals surface area (Å²) in [5.74, 6) is 0.929. The third kappa shape index (κ3) is 2.59.